The fraction of sp³-hybridized carbons (Fsp3) is 0.227. The van der Waals surface area contributed by atoms with Crippen LogP contribution in [0.1, 0.15) is 33.1 Å². The molecule has 4 rings (SSSR count). The molecule has 12 heteroatoms. The molecule has 0 aliphatic carbocycles. The van der Waals surface area contributed by atoms with Crippen LogP contribution >= 0.6 is 0 Å². The van der Waals surface area contributed by atoms with Crippen LogP contribution in [0.25, 0.3) is 15.7 Å². The monoisotopic (exact) mass is 472 g/mol. The zero-order valence-corrected chi connectivity index (χ0v) is 17.2. The molecule has 0 fully saturated rings. The summed E-state index contributed by atoms with van der Waals surface area (Å²) in [5.74, 6) is -3.66. The highest BCUT2D eigenvalue weighted by molar-refractivity contribution is 6.04. The van der Waals surface area contributed by atoms with Gasteiger partial charge < -0.3 is 20.1 Å². The van der Waals surface area contributed by atoms with Gasteiger partial charge >= 0.3 is 12.1 Å². The van der Waals surface area contributed by atoms with Crippen molar-refractivity contribution in [1.29, 1.82) is 0 Å². The molecule has 174 valence electrons. The van der Waals surface area contributed by atoms with Gasteiger partial charge in [-0.15, -0.1) is 0 Å². The van der Waals surface area contributed by atoms with E-state index >= 15 is 0 Å². The first kappa shape index (κ1) is 22.8. The van der Waals surface area contributed by atoms with Crippen molar-refractivity contribution in [2.75, 3.05) is 6.54 Å². The molecule has 0 bridgehead atoms. The van der Waals surface area contributed by atoms with Gasteiger partial charge in [0.05, 0.1) is 12.1 Å². The molecule has 34 heavy (non-hydrogen) atoms. The predicted molar refractivity (Wildman–Crippen MR) is 112 cm³/mol. The minimum Gasteiger partial charge on any atom is -0.506 e. The fourth-order valence-corrected chi connectivity index (χ4v) is 4.08. The largest absolute Gasteiger partial charge is 0.506 e. The second-order valence-corrected chi connectivity index (χ2v) is 7.70. The fourth-order valence-electron chi connectivity index (χ4n) is 4.08. The normalized spacial score (nSPS) is 15.1. The molecule has 1 aliphatic heterocycles. The first-order chi connectivity index (χ1) is 16.0. The Morgan fingerprint density at radius 1 is 1.29 bits per heavy atom. The second kappa shape index (κ2) is 8.18. The molecular weight excluding hydrogens is 457 g/mol. The molecule has 0 saturated carbocycles. The number of hydrogen-bond donors (Lipinski definition) is 3. The lowest BCUT2D eigenvalue weighted by Crippen LogP contribution is -2.37. The lowest BCUT2D eigenvalue weighted by molar-refractivity contribution is -0.141. The third-order valence-electron chi connectivity index (χ3n) is 5.57. The molecule has 1 atom stereocenters. The first-order valence-corrected chi connectivity index (χ1v) is 9.84. The van der Waals surface area contributed by atoms with Crippen molar-refractivity contribution in [3.63, 3.8) is 0 Å². The number of benzene rings is 1. The quantitative estimate of drug-likeness (QED) is 0.502. The van der Waals surface area contributed by atoms with Crippen molar-refractivity contribution >= 4 is 28.5 Å². The molecular formula is C22H15F3N4O5. The van der Waals surface area contributed by atoms with Crippen LogP contribution in [0.15, 0.2) is 35.3 Å². The number of pyridine rings is 2. The van der Waals surface area contributed by atoms with Gasteiger partial charge in [0.1, 0.15) is 23.6 Å². The lowest BCUT2D eigenvalue weighted by Gasteiger charge is -2.28. The highest BCUT2D eigenvalue weighted by Crippen LogP contribution is 2.39. The summed E-state index contributed by atoms with van der Waals surface area (Å²) in [6.45, 7) is 6.51. The first-order valence-electron chi connectivity index (χ1n) is 9.84. The van der Waals surface area contributed by atoms with Crippen molar-refractivity contribution in [3.05, 3.63) is 74.6 Å². The summed E-state index contributed by atoms with van der Waals surface area (Å²) in [7, 11) is 0. The van der Waals surface area contributed by atoms with Crippen LogP contribution in [0, 0.1) is 6.57 Å². The van der Waals surface area contributed by atoms with E-state index in [1.54, 1.807) is 0 Å². The zero-order valence-electron chi connectivity index (χ0n) is 17.2. The maximum absolute atomic E-state index is 13.2. The van der Waals surface area contributed by atoms with Gasteiger partial charge in [-0.3, -0.25) is 19.4 Å². The highest BCUT2D eigenvalue weighted by atomic mass is 19.4. The predicted octanol–water partition coefficient (Wildman–Crippen LogP) is 2.83. The van der Waals surface area contributed by atoms with Crippen LogP contribution in [-0.4, -0.2) is 38.2 Å². The second-order valence-electron chi connectivity index (χ2n) is 7.70. The number of aromatic hydroxyl groups is 1. The zero-order chi connectivity index (χ0) is 24.8. The van der Waals surface area contributed by atoms with Gasteiger partial charge in [-0.1, -0.05) is 12.1 Å². The molecule has 3 heterocycles. The number of carbonyl (C=O) groups excluding carboxylic acids is 1. The van der Waals surface area contributed by atoms with E-state index in [-0.39, 0.29) is 24.0 Å². The summed E-state index contributed by atoms with van der Waals surface area (Å²) >= 11 is 0. The third kappa shape index (κ3) is 3.92. The molecule has 3 N–H and O–H groups in total. The Morgan fingerprint density at radius 2 is 2.03 bits per heavy atom. The van der Waals surface area contributed by atoms with Crippen LogP contribution in [0.3, 0.4) is 0 Å². The summed E-state index contributed by atoms with van der Waals surface area (Å²) in [5, 5.41) is 21.6. The van der Waals surface area contributed by atoms with E-state index in [9.17, 15) is 32.7 Å². The number of nitrogens with one attached hydrogen (secondary N) is 1. The van der Waals surface area contributed by atoms with Gasteiger partial charge in [0.25, 0.3) is 11.5 Å². The van der Waals surface area contributed by atoms with E-state index in [2.05, 4.69) is 9.83 Å². The standard InChI is InChI=1S/C22H15F3N4O5/c1-26-13-5-11-4-12(10-2-3-15(27-7-10)22(23,24)25)9-29-18(11)14(6-13)19(32)17(21(29)34)20(33)28-8-16(30)31/h2-3,5-7,12,32H,4,8-9H2,(H,28,33)(H,30,31). The minimum absolute atomic E-state index is 0.0355. The van der Waals surface area contributed by atoms with Gasteiger partial charge in [0, 0.05) is 24.0 Å². The molecule has 0 spiro atoms. The van der Waals surface area contributed by atoms with E-state index in [4.69, 9.17) is 11.7 Å². The van der Waals surface area contributed by atoms with Gasteiger partial charge in [-0.2, -0.15) is 13.2 Å². The van der Waals surface area contributed by atoms with Crippen LogP contribution in [-0.2, 0) is 23.9 Å². The number of nitrogens with zero attached hydrogens (tertiary/aromatic N) is 3. The van der Waals surface area contributed by atoms with Crippen molar-refractivity contribution < 1.29 is 33.0 Å². The van der Waals surface area contributed by atoms with E-state index < -0.39 is 53.1 Å². The number of halogens is 3. The van der Waals surface area contributed by atoms with Gasteiger partial charge in [0.15, 0.2) is 5.69 Å². The van der Waals surface area contributed by atoms with Gasteiger partial charge in [0.2, 0.25) is 0 Å². The number of aliphatic carboxylic acids is 1. The van der Waals surface area contributed by atoms with E-state index in [1.807, 2.05) is 5.32 Å². The molecule has 0 radical (unpaired) electrons. The van der Waals surface area contributed by atoms with Gasteiger partial charge in [-0.25, -0.2) is 4.85 Å². The smallest absolute Gasteiger partial charge is 0.433 e. The number of carboxylic acids is 1. The maximum Gasteiger partial charge on any atom is 0.433 e. The Morgan fingerprint density at radius 3 is 2.62 bits per heavy atom. The topological polar surface area (TPSA) is 126 Å². The molecule has 9 nitrogen and oxygen atoms in total. The molecule has 0 saturated heterocycles. The molecule has 1 aliphatic rings. The summed E-state index contributed by atoms with van der Waals surface area (Å²) < 4.78 is 39.9. The van der Waals surface area contributed by atoms with E-state index in [0.29, 0.717) is 16.6 Å². The van der Waals surface area contributed by atoms with Gasteiger partial charge in [-0.05, 0) is 29.7 Å². The minimum atomic E-state index is -4.61. The average Bonchev–Trinajstić information content (AvgIpc) is 2.79. The number of carbonyl (C=O) groups is 2. The Balaban J connectivity index is 1.86. The van der Waals surface area contributed by atoms with Crippen LogP contribution < -0.4 is 10.9 Å². The summed E-state index contributed by atoms with van der Waals surface area (Å²) in [5.41, 5.74) is -1.33. The van der Waals surface area contributed by atoms with Crippen molar-refractivity contribution in [2.45, 2.75) is 25.1 Å². The Kier molecular flexibility index (Phi) is 5.48. The van der Waals surface area contributed by atoms with E-state index in [1.165, 1.54) is 22.8 Å². The Bertz CT molecular complexity index is 1440. The molecule has 1 unspecified atom stereocenters. The molecule has 2 aromatic heterocycles. The average molecular weight is 472 g/mol. The third-order valence-corrected chi connectivity index (χ3v) is 5.57. The Labute approximate surface area is 188 Å². The number of aromatic nitrogens is 2. The lowest BCUT2D eigenvalue weighted by atomic mass is 9.87. The number of carboxylic acid groups (broad SMARTS) is 1. The summed E-state index contributed by atoms with van der Waals surface area (Å²) in [6, 6.07) is 4.91. The van der Waals surface area contributed by atoms with Crippen LogP contribution in [0.4, 0.5) is 18.9 Å². The van der Waals surface area contributed by atoms with Crippen molar-refractivity contribution in [2.24, 2.45) is 0 Å². The number of alkyl halides is 3. The summed E-state index contributed by atoms with van der Waals surface area (Å²) in [4.78, 5) is 43.3. The van der Waals surface area contributed by atoms with Crippen molar-refractivity contribution in [3.8, 4) is 5.75 Å². The molecule has 1 amide bonds. The maximum atomic E-state index is 13.2. The van der Waals surface area contributed by atoms with Crippen LogP contribution in [0.2, 0.25) is 0 Å². The summed E-state index contributed by atoms with van der Waals surface area (Å²) in [6.07, 6.45) is -3.29. The molecule has 1 aromatic carbocycles. The van der Waals surface area contributed by atoms with Crippen LogP contribution in [0.5, 0.6) is 5.75 Å². The molecule has 3 aromatic rings. The number of amides is 1. The Hall–Kier alpha value is -4.40. The SMILES string of the molecule is [C-]#[N+]c1cc2c3c(c1)c(O)c(C(=O)NCC(=O)O)c(=O)n3CC(c1ccc(C(F)(F)F)nc1)C2. The van der Waals surface area contributed by atoms with Crippen molar-refractivity contribution in [1.82, 2.24) is 14.9 Å². The number of rotatable bonds is 4. The highest BCUT2D eigenvalue weighted by Gasteiger charge is 2.33. The van der Waals surface area contributed by atoms with E-state index in [0.717, 1.165) is 12.3 Å². The number of hydrogen-bond acceptors (Lipinski definition) is 5.